The van der Waals surface area contributed by atoms with Gasteiger partial charge in [-0.05, 0) is 20.3 Å². The molecule has 0 amide bonds. The first-order valence-electron chi connectivity index (χ1n) is 8.98. The Morgan fingerprint density at radius 1 is 1.28 bits per heavy atom. The van der Waals surface area contributed by atoms with Gasteiger partial charge in [0.2, 0.25) is 5.88 Å². The Kier molecular flexibility index (Phi) is 5.78. The fourth-order valence-corrected chi connectivity index (χ4v) is 3.95. The van der Waals surface area contributed by atoms with Crippen LogP contribution in [0.5, 0.6) is 5.88 Å². The summed E-state index contributed by atoms with van der Waals surface area (Å²) in [5.41, 5.74) is -1.01. The quantitative estimate of drug-likeness (QED) is 0.536. The van der Waals surface area contributed by atoms with Crippen LogP contribution in [0.4, 0.5) is 13.2 Å². The molecule has 3 aromatic rings. The number of thiazole rings is 1. The van der Waals surface area contributed by atoms with Gasteiger partial charge in [0, 0.05) is 23.4 Å². The molecule has 0 unspecified atom stereocenters. The largest absolute Gasteiger partial charge is 0.478 e. The fourth-order valence-electron chi connectivity index (χ4n) is 2.94. The lowest BCUT2D eigenvalue weighted by Gasteiger charge is -2.07. The second kappa shape index (κ2) is 7.97. The molecule has 0 N–H and O–H groups in total. The Morgan fingerprint density at radius 2 is 2.00 bits per heavy atom. The fraction of sp³-hybridized carbons (Fsp3) is 0.444. The zero-order chi connectivity index (χ0) is 21.3. The molecular weight excluding hydrogens is 409 g/mol. The molecule has 156 valence electrons. The third kappa shape index (κ3) is 4.19. The summed E-state index contributed by atoms with van der Waals surface area (Å²) in [6, 6.07) is 2.01. The van der Waals surface area contributed by atoms with Crippen LogP contribution in [0.2, 0.25) is 0 Å². The number of aryl methyl sites for hydroxylation is 1. The Bertz CT molecular complexity index is 1110. The highest BCUT2D eigenvalue weighted by atomic mass is 32.1. The number of carbonyl (C=O) groups is 1. The average Bonchev–Trinajstić information content (AvgIpc) is 3.16. The summed E-state index contributed by atoms with van der Waals surface area (Å²) in [5, 5.41) is 3.55. The van der Waals surface area contributed by atoms with Crippen LogP contribution in [0.15, 0.2) is 16.9 Å². The van der Waals surface area contributed by atoms with Crippen molar-refractivity contribution in [1.82, 2.24) is 19.2 Å². The molecule has 0 fully saturated rings. The smallest absolute Gasteiger partial charge is 0.435 e. The molecule has 3 heterocycles. The van der Waals surface area contributed by atoms with E-state index in [0.717, 1.165) is 10.7 Å². The summed E-state index contributed by atoms with van der Waals surface area (Å²) in [4.78, 5) is 30.3. The molecule has 0 atom stereocenters. The number of alkyl halides is 3. The molecule has 0 bridgehead atoms. The highest BCUT2D eigenvalue weighted by Crippen LogP contribution is 2.31. The van der Waals surface area contributed by atoms with E-state index in [2.05, 4.69) is 10.1 Å². The summed E-state index contributed by atoms with van der Waals surface area (Å²) >= 11 is 1.19. The minimum absolute atomic E-state index is 0.0667. The van der Waals surface area contributed by atoms with Crippen LogP contribution in [-0.4, -0.2) is 31.6 Å². The van der Waals surface area contributed by atoms with E-state index in [1.165, 1.54) is 21.8 Å². The van der Waals surface area contributed by atoms with Crippen molar-refractivity contribution in [3.05, 3.63) is 44.4 Å². The number of halogens is 3. The molecule has 0 saturated heterocycles. The molecule has 0 spiro atoms. The minimum atomic E-state index is -4.62. The van der Waals surface area contributed by atoms with Gasteiger partial charge >= 0.3 is 6.18 Å². The Labute approximate surface area is 167 Å². The summed E-state index contributed by atoms with van der Waals surface area (Å²) in [6.45, 7) is 5.23. The van der Waals surface area contributed by atoms with Gasteiger partial charge in [0.05, 0.1) is 18.8 Å². The number of hydrogen-bond acceptors (Lipinski definition) is 6. The van der Waals surface area contributed by atoms with E-state index in [1.807, 2.05) is 6.92 Å². The Balaban J connectivity index is 2.03. The van der Waals surface area contributed by atoms with Crippen LogP contribution < -0.4 is 10.3 Å². The van der Waals surface area contributed by atoms with E-state index < -0.39 is 17.4 Å². The number of aromatic nitrogens is 4. The van der Waals surface area contributed by atoms with E-state index in [9.17, 15) is 22.8 Å². The van der Waals surface area contributed by atoms with Crippen molar-refractivity contribution in [2.75, 3.05) is 6.61 Å². The molecule has 7 nitrogen and oxygen atoms in total. The van der Waals surface area contributed by atoms with Gasteiger partial charge in [-0.15, -0.1) is 11.3 Å². The van der Waals surface area contributed by atoms with Crippen molar-refractivity contribution in [2.45, 2.75) is 46.3 Å². The maximum absolute atomic E-state index is 13.0. The van der Waals surface area contributed by atoms with Gasteiger partial charge in [0.15, 0.2) is 16.4 Å². The van der Waals surface area contributed by atoms with Gasteiger partial charge in [-0.25, -0.2) is 14.1 Å². The zero-order valence-corrected chi connectivity index (χ0v) is 16.9. The molecule has 11 heteroatoms. The summed E-state index contributed by atoms with van der Waals surface area (Å²) in [6.07, 6.45) is -3.66. The molecular formula is C18H19F3N4O3S. The Hall–Kier alpha value is -2.69. The van der Waals surface area contributed by atoms with Crippen molar-refractivity contribution >= 4 is 22.1 Å². The number of hydrogen-bond donors (Lipinski definition) is 0. The topological polar surface area (TPSA) is 78.5 Å². The zero-order valence-electron chi connectivity index (χ0n) is 16.0. The lowest BCUT2D eigenvalue weighted by atomic mass is 10.1. The maximum Gasteiger partial charge on any atom is 0.435 e. The lowest BCUT2D eigenvalue weighted by Crippen LogP contribution is -2.20. The average molecular weight is 428 g/mol. The predicted octanol–water partition coefficient (Wildman–Crippen LogP) is 3.71. The van der Waals surface area contributed by atoms with Crippen LogP contribution in [-0.2, 0) is 12.7 Å². The molecule has 3 aromatic heterocycles. The van der Waals surface area contributed by atoms with E-state index in [4.69, 9.17) is 4.74 Å². The molecule has 0 aliphatic carbocycles. The monoisotopic (exact) mass is 428 g/mol. The summed E-state index contributed by atoms with van der Waals surface area (Å²) in [7, 11) is 0. The third-order valence-electron chi connectivity index (χ3n) is 4.12. The van der Waals surface area contributed by atoms with E-state index in [1.54, 1.807) is 13.8 Å². The first kappa shape index (κ1) is 21.0. The number of ether oxygens (including phenoxy) is 1. The number of ketones is 1. The van der Waals surface area contributed by atoms with Crippen LogP contribution in [0.25, 0.3) is 4.96 Å². The van der Waals surface area contributed by atoms with Gasteiger partial charge in [0.1, 0.15) is 5.69 Å². The van der Waals surface area contributed by atoms with E-state index in [0.29, 0.717) is 28.4 Å². The van der Waals surface area contributed by atoms with Gasteiger partial charge < -0.3 is 4.74 Å². The van der Waals surface area contributed by atoms with Crippen molar-refractivity contribution in [3.63, 3.8) is 0 Å². The van der Waals surface area contributed by atoms with Crippen molar-refractivity contribution in [3.8, 4) is 5.88 Å². The number of Topliss-reactive ketones (excluding diaryl/α,β-unsaturated/α-hetero) is 1. The number of rotatable bonds is 7. The number of carbonyl (C=O) groups excluding carboxylic acids is 1. The van der Waals surface area contributed by atoms with Crippen molar-refractivity contribution in [2.24, 2.45) is 0 Å². The van der Waals surface area contributed by atoms with E-state index >= 15 is 0 Å². The van der Waals surface area contributed by atoms with Crippen LogP contribution in [0, 0.1) is 6.92 Å². The highest BCUT2D eigenvalue weighted by molar-refractivity contribution is 7.17. The molecule has 0 radical (unpaired) electrons. The molecule has 3 rings (SSSR count). The number of nitrogens with zero attached hydrogens (tertiary/aromatic N) is 4. The van der Waals surface area contributed by atoms with Crippen LogP contribution >= 0.6 is 11.3 Å². The highest BCUT2D eigenvalue weighted by Gasteiger charge is 2.35. The minimum Gasteiger partial charge on any atom is -0.478 e. The Morgan fingerprint density at radius 3 is 2.62 bits per heavy atom. The molecule has 0 aromatic carbocycles. The van der Waals surface area contributed by atoms with Gasteiger partial charge in [-0.3, -0.25) is 9.59 Å². The van der Waals surface area contributed by atoms with Crippen LogP contribution in [0.1, 0.15) is 53.4 Å². The maximum atomic E-state index is 13.0. The van der Waals surface area contributed by atoms with Crippen LogP contribution in [0.3, 0.4) is 0 Å². The van der Waals surface area contributed by atoms with Gasteiger partial charge in [0.25, 0.3) is 5.56 Å². The van der Waals surface area contributed by atoms with E-state index in [-0.39, 0.29) is 30.5 Å². The standard InChI is InChI=1S/C18H19F3N4O3S/c1-4-6-12(26)16-10(3)29-17-22-11(7-14(27)25(16)17)9-24-15(28-5-2)8-13(23-24)18(19,20)21/h7-8H,4-6,9H2,1-3H3. The first-order valence-corrected chi connectivity index (χ1v) is 9.80. The van der Waals surface area contributed by atoms with Crippen molar-refractivity contribution < 1.29 is 22.7 Å². The summed E-state index contributed by atoms with van der Waals surface area (Å²) < 4.78 is 46.5. The third-order valence-corrected chi connectivity index (χ3v) is 5.08. The lowest BCUT2D eigenvalue weighted by molar-refractivity contribution is -0.141. The van der Waals surface area contributed by atoms with Gasteiger partial charge in [-0.1, -0.05) is 6.92 Å². The first-order chi connectivity index (χ1) is 13.7. The molecule has 29 heavy (non-hydrogen) atoms. The predicted molar refractivity (Wildman–Crippen MR) is 101 cm³/mol. The SMILES string of the molecule is CCCC(=O)c1c(C)sc2nc(Cn3nc(C(F)(F)F)cc3OCC)cc(=O)n12. The molecule has 0 saturated carbocycles. The second-order valence-corrected chi connectivity index (χ2v) is 7.52. The normalized spacial score (nSPS) is 11.9. The second-order valence-electron chi connectivity index (χ2n) is 6.34. The van der Waals surface area contributed by atoms with Crippen molar-refractivity contribution in [1.29, 1.82) is 0 Å². The number of fused-ring (bicyclic) bond motifs is 1. The molecule has 0 aliphatic heterocycles. The van der Waals surface area contributed by atoms with Gasteiger partial charge in [-0.2, -0.15) is 18.3 Å². The molecule has 0 aliphatic rings. The summed E-state index contributed by atoms with van der Waals surface area (Å²) in [5.74, 6) is -0.212.